The number of unbranched alkanes of at least 4 members (excludes halogenated alkanes) is 1. The Morgan fingerprint density at radius 1 is 1.17 bits per heavy atom. The lowest BCUT2D eigenvalue weighted by Gasteiger charge is -2.40. The first-order valence-corrected chi connectivity index (χ1v) is 9.98. The lowest BCUT2D eigenvalue weighted by Crippen LogP contribution is -2.49. The number of benzene rings is 1. The molecule has 0 aromatic heterocycles. The number of amides is 1. The maximum absolute atomic E-state index is 12.6. The topological polar surface area (TPSA) is 75.3 Å². The van der Waals surface area contributed by atoms with Crippen molar-refractivity contribution < 1.29 is 13.2 Å². The highest BCUT2D eigenvalue weighted by Crippen LogP contribution is 2.44. The fourth-order valence-electron chi connectivity index (χ4n) is 2.83. The predicted molar refractivity (Wildman–Crippen MR) is 93.0 cm³/mol. The molecule has 0 aliphatic heterocycles. The van der Waals surface area contributed by atoms with Crippen LogP contribution in [0.1, 0.15) is 51.5 Å². The molecule has 2 rings (SSSR count). The van der Waals surface area contributed by atoms with E-state index in [-0.39, 0.29) is 11.7 Å². The van der Waals surface area contributed by atoms with E-state index in [1.807, 2.05) is 12.1 Å². The van der Waals surface area contributed by atoms with Crippen LogP contribution < -0.4 is 10.0 Å². The molecule has 0 unspecified atom stereocenters. The normalized spacial score (nSPS) is 16.4. The number of nitrogens with one attached hydrogen (secondary N) is 2. The van der Waals surface area contributed by atoms with E-state index in [0.29, 0.717) is 12.2 Å². The smallest absolute Gasteiger partial charge is 0.232 e. The first-order valence-electron chi connectivity index (χ1n) is 8.33. The largest absolute Gasteiger partial charge is 0.355 e. The summed E-state index contributed by atoms with van der Waals surface area (Å²) < 4.78 is 25.7. The fourth-order valence-corrected chi connectivity index (χ4v) is 3.47. The summed E-state index contributed by atoms with van der Waals surface area (Å²) in [6.07, 6.45) is 4.79. The molecular formula is C17H26N2O3S. The van der Waals surface area contributed by atoms with Crippen molar-refractivity contribution in [3.63, 3.8) is 0 Å². The van der Waals surface area contributed by atoms with Crippen LogP contribution in [0, 0.1) is 0 Å². The van der Waals surface area contributed by atoms with Crippen LogP contribution in [0.25, 0.3) is 0 Å². The fraction of sp³-hybridized carbons (Fsp3) is 0.588. The van der Waals surface area contributed by atoms with E-state index in [2.05, 4.69) is 17.0 Å². The Balaban J connectivity index is 2.11. The minimum Gasteiger partial charge on any atom is -0.355 e. The molecule has 0 bridgehead atoms. The summed E-state index contributed by atoms with van der Waals surface area (Å²) in [5, 5.41) is 3.04. The maximum Gasteiger partial charge on any atom is 0.232 e. The van der Waals surface area contributed by atoms with Crippen LogP contribution in [0.15, 0.2) is 24.3 Å². The lowest BCUT2D eigenvalue weighted by atomic mass is 9.64. The van der Waals surface area contributed by atoms with Crippen LogP contribution in [0.3, 0.4) is 0 Å². The summed E-state index contributed by atoms with van der Waals surface area (Å²) in [6.45, 7) is 4.41. The van der Waals surface area contributed by atoms with Gasteiger partial charge in [0.25, 0.3) is 0 Å². The molecule has 0 spiro atoms. The second-order valence-electron chi connectivity index (χ2n) is 6.13. The van der Waals surface area contributed by atoms with Crippen molar-refractivity contribution in [1.29, 1.82) is 0 Å². The molecule has 0 atom stereocenters. The van der Waals surface area contributed by atoms with E-state index in [9.17, 15) is 13.2 Å². The molecule has 23 heavy (non-hydrogen) atoms. The molecular weight excluding hydrogens is 312 g/mol. The van der Waals surface area contributed by atoms with Crippen molar-refractivity contribution in [1.82, 2.24) is 5.32 Å². The average Bonchev–Trinajstić information content (AvgIpc) is 2.48. The van der Waals surface area contributed by atoms with Crippen LogP contribution in [0.2, 0.25) is 0 Å². The summed E-state index contributed by atoms with van der Waals surface area (Å²) in [5.74, 6) is 0.137. The van der Waals surface area contributed by atoms with Gasteiger partial charge in [-0.1, -0.05) is 31.9 Å². The molecule has 0 heterocycles. The predicted octanol–water partition coefficient (Wildman–Crippen LogP) is 2.79. The molecule has 5 nitrogen and oxygen atoms in total. The van der Waals surface area contributed by atoms with Gasteiger partial charge >= 0.3 is 0 Å². The molecule has 6 heteroatoms. The van der Waals surface area contributed by atoms with E-state index >= 15 is 0 Å². The van der Waals surface area contributed by atoms with E-state index in [0.717, 1.165) is 37.7 Å². The summed E-state index contributed by atoms with van der Waals surface area (Å²) in [7, 11) is -3.27. The second kappa shape index (κ2) is 7.34. The zero-order valence-corrected chi connectivity index (χ0v) is 14.7. The number of hydrogen-bond donors (Lipinski definition) is 2. The van der Waals surface area contributed by atoms with E-state index in [4.69, 9.17) is 0 Å². The Morgan fingerprint density at radius 3 is 2.30 bits per heavy atom. The molecule has 1 aliphatic carbocycles. The number of carbonyl (C=O) groups excluding carboxylic acids is 1. The summed E-state index contributed by atoms with van der Waals surface area (Å²) >= 11 is 0. The molecule has 1 aromatic rings. The molecule has 1 saturated carbocycles. The molecule has 0 radical (unpaired) electrons. The molecule has 1 aromatic carbocycles. The van der Waals surface area contributed by atoms with Crippen LogP contribution in [0.4, 0.5) is 5.69 Å². The second-order valence-corrected chi connectivity index (χ2v) is 8.14. The van der Waals surface area contributed by atoms with E-state index < -0.39 is 15.4 Å². The highest BCUT2D eigenvalue weighted by atomic mass is 32.2. The highest BCUT2D eigenvalue weighted by Gasteiger charge is 2.45. The Kier molecular flexibility index (Phi) is 5.68. The van der Waals surface area contributed by atoms with Gasteiger partial charge in [-0.25, -0.2) is 8.42 Å². The summed E-state index contributed by atoms with van der Waals surface area (Å²) in [4.78, 5) is 12.6. The van der Waals surface area contributed by atoms with Crippen molar-refractivity contribution in [2.24, 2.45) is 0 Å². The maximum atomic E-state index is 12.6. The van der Waals surface area contributed by atoms with Gasteiger partial charge in [-0.3, -0.25) is 9.52 Å². The highest BCUT2D eigenvalue weighted by molar-refractivity contribution is 7.92. The van der Waals surface area contributed by atoms with Gasteiger partial charge < -0.3 is 5.32 Å². The SMILES string of the molecule is CCCCNC(=O)C1(c2ccc(NS(=O)(=O)CC)cc2)CCC1. The van der Waals surface area contributed by atoms with Gasteiger partial charge in [-0.15, -0.1) is 0 Å². The van der Waals surface area contributed by atoms with Gasteiger partial charge in [-0.05, 0) is 43.9 Å². The van der Waals surface area contributed by atoms with E-state index in [1.54, 1.807) is 19.1 Å². The van der Waals surface area contributed by atoms with Gasteiger partial charge in [0, 0.05) is 12.2 Å². The zero-order chi connectivity index (χ0) is 16.9. The third-order valence-corrected chi connectivity index (χ3v) is 5.86. The third-order valence-electron chi connectivity index (χ3n) is 4.55. The van der Waals surface area contributed by atoms with Gasteiger partial charge in [0.05, 0.1) is 11.2 Å². The minimum absolute atomic E-state index is 0.0402. The average molecular weight is 338 g/mol. The molecule has 128 valence electrons. The van der Waals surface area contributed by atoms with Crippen molar-refractivity contribution >= 4 is 21.6 Å². The number of sulfonamides is 1. The molecule has 1 amide bonds. The standard InChI is InChI=1S/C17H26N2O3S/c1-3-5-13-18-16(20)17(11-6-12-17)14-7-9-15(10-8-14)19-23(21,22)4-2/h7-10,19H,3-6,11-13H2,1-2H3,(H,18,20). The van der Waals surface area contributed by atoms with Crippen molar-refractivity contribution in [2.75, 3.05) is 17.0 Å². The number of carbonyl (C=O) groups is 1. The van der Waals surface area contributed by atoms with Crippen molar-refractivity contribution in [3.05, 3.63) is 29.8 Å². The quantitative estimate of drug-likeness (QED) is 0.716. The van der Waals surface area contributed by atoms with Crippen LogP contribution in [0.5, 0.6) is 0 Å². The van der Waals surface area contributed by atoms with Gasteiger partial charge in [-0.2, -0.15) is 0 Å². The monoisotopic (exact) mass is 338 g/mol. The van der Waals surface area contributed by atoms with E-state index in [1.165, 1.54) is 0 Å². The molecule has 1 aliphatic rings. The third kappa shape index (κ3) is 4.05. The van der Waals surface area contributed by atoms with Crippen molar-refractivity contribution in [3.8, 4) is 0 Å². The number of hydrogen-bond acceptors (Lipinski definition) is 3. The van der Waals surface area contributed by atoms with Crippen molar-refractivity contribution in [2.45, 2.75) is 51.4 Å². The van der Waals surface area contributed by atoms with Crippen LogP contribution in [-0.4, -0.2) is 26.6 Å². The molecule has 2 N–H and O–H groups in total. The first-order chi connectivity index (χ1) is 10.9. The van der Waals surface area contributed by atoms with Gasteiger partial charge in [0.1, 0.15) is 0 Å². The lowest BCUT2D eigenvalue weighted by molar-refractivity contribution is -0.129. The number of anilines is 1. The van der Waals surface area contributed by atoms with Gasteiger partial charge in [0.2, 0.25) is 15.9 Å². The Labute approximate surface area is 138 Å². The zero-order valence-electron chi connectivity index (χ0n) is 13.9. The minimum atomic E-state index is -3.27. The summed E-state index contributed by atoms with van der Waals surface area (Å²) in [5.41, 5.74) is 1.07. The molecule has 0 saturated heterocycles. The molecule has 1 fully saturated rings. The number of rotatable bonds is 8. The van der Waals surface area contributed by atoms with Crippen LogP contribution >= 0.6 is 0 Å². The summed E-state index contributed by atoms with van der Waals surface area (Å²) in [6, 6.07) is 7.21. The van der Waals surface area contributed by atoms with Crippen LogP contribution in [-0.2, 0) is 20.2 Å². The first kappa shape index (κ1) is 17.8. The Bertz CT molecular complexity index is 634. The Morgan fingerprint density at radius 2 is 1.83 bits per heavy atom. The van der Waals surface area contributed by atoms with Gasteiger partial charge in [0.15, 0.2) is 0 Å². The Hall–Kier alpha value is -1.56.